The zero-order valence-corrected chi connectivity index (χ0v) is 9.22. The summed E-state index contributed by atoms with van der Waals surface area (Å²) in [5.74, 6) is -0.809. The number of amides is 1. The average Bonchev–Trinajstić information content (AvgIpc) is 2.25. The molecule has 0 aromatic rings. The Balaban J connectivity index is 2.38. The molecule has 0 spiro atoms. The highest BCUT2D eigenvalue weighted by Gasteiger charge is 2.51. The highest BCUT2D eigenvalue weighted by molar-refractivity contribution is 8.00. The Morgan fingerprint density at radius 2 is 2.40 bits per heavy atom. The molecule has 3 N–H and O–H groups in total. The lowest BCUT2D eigenvalue weighted by Crippen LogP contribution is -2.68. The summed E-state index contributed by atoms with van der Waals surface area (Å²) in [6, 6.07) is -0.582. The molecule has 2 aliphatic rings. The van der Waals surface area contributed by atoms with Crippen LogP contribution in [0.2, 0.25) is 0 Å². The van der Waals surface area contributed by atoms with Crippen molar-refractivity contribution >= 4 is 35.2 Å². The van der Waals surface area contributed by atoms with Crippen molar-refractivity contribution in [1.29, 1.82) is 0 Å². The van der Waals surface area contributed by atoms with E-state index in [9.17, 15) is 9.59 Å². The molecule has 1 fully saturated rings. The molecule has 1 amide bonds. The molecule has 7 heteroatoms. The maximum absolute atomic E-state index is 11.4. The molecule has 0 bridgehead atoms. The third kappa shape index (κ3) is 1.44. The van der Waals surface area contributed by atoms with Crippen molar-refractivity contribution in [2.45, 2.75) is 11.4 Å². The minimum atomic E-state index is -1.11. The summed E-state index contributed by atoms with van der Waals surface area (Å²) in [4.78, 5) is 23.7. The van der Waals surface area contributed by atoms with E-state index in [4.69, 9.17) is 22.4 Å². The summed E-state index contributed by atoms with van der Waals surface area (Å²) in [6.07, 6.45) is 0. The summed E-state index contributed by atoms with van der Waals surface area (Å²) >= 11 is 7.09. The second kappa shape index (κ2) is 3.70. The fraction of sp³-hybridized carbons (Fsp3) is 0.500. The number of hydrogen-bond donors (Lipinski definition) is 2. The van der Waals surface area contributed by atoms with Gasteiger partial charge in [-0.05, 0) is 5.57 Å². The number of carboxylic acid groups (broad SMARTS) is 1. The molecule has 0 unspecified atom stereocenters. The number of carbonyl (C=O) groups excluding carboxylic acids is 1. The van der Waals surface area contributed by atoms with Gasteiger partial charge in [0, 0.05) is 11.6 Å². The molecule has 82 valence electrons. The fourth-order valence-electron chi connectivity index (χ4n) is 1.68. The van der Waals surface area contributed by atoms with Crippen LogP contribution in [0, 0.1) is 0 Å². The number of thioether (sulfide) groups is 1. The van der Waals surface area contributed by atoms with Gasteiger partial charge in [0.2, 0.25) is 5.91 Å². The van der Waals surface area contributed by atoms with Gasteiger partial charge in [-0.3, -0.25) is 9.69 Å². The van der Waals surface area contributed by atoms with Crippen LogP contribution in [0.15, 0.2) is 11.3 Å². The van der Waals surface area contributed by atoms with E-state index in [0.717, 1.165) is 0 Å². The van der Waals surface area contributed by atoms with Gasteiger partial charge in [0.1, 0.15) is 17.1 Å². The molecule has 0 aromatic carbocycles. The molecule has 2 rings (SSSR count). The number of fused-ring (bicyclic) bond motifs is 1. The lowest BCUT2D eigenvalue weighted by Gasteiger charge is -2.47. The summed E-state index contributed by atoms with van der Waals surface area (Å²) < 4.78 is 0. The van der Waals surface area contributed by atoms with Crippen LogP contribution in [0.3, 0.4) is 0 Å². The minimum Gasteiger partial charge on any atom is -0.477 e. The quantitative estimate of drug-likeness (QED) is 0.523. The van der Waals surface area contributed by atoms with Gasteiger partial charge >= 0.3 is 5.97 Å². The maximum Gasteiger partial charge on any atom is 0.352 e. The topological polar surface area (TPSA) is 83.6 Å². The van der Waals surface area contributed by atoms with Gasteiger partial charge in [-0.2, -0.15) is 0 Å². The number of nitrogens with two attached hydrogens (primary N) is 1. The van der Waals surface area contributed by atoms with Gasteiger partial charge in [-0.25, -0.2) is 4.79 Å². The van der Waals surface area contributed by atoms with E-state index in [1.807, 2.05) is 0 Å². The van der Waals surface area contributed by atoms with E-state index in [1.54, 1.807) is 0 Å². The van der Waals surface area contributed by atoms with Gasteiger partial charge in [0.15, 0.2) is 0 Å². The Bertz CT molecular complexity index is 371. The number of alkyl halides is 1. The summed E-state index contributed by atoms with van der Waals surface area (Å²) in [7, 11) is 0. The molecule has 0 aliphatic carbocycles. The number of β-lactam (4-membered cyclic amide) rings is 1. The lowest BCUT2D eigenvalue weighted by atomic mass is 10.0. The molecule has 1 saturated heterocycles. The molecular formula is C8H9ClN2O3S. The first-order valence-corrected chi connectivity index (χ1v) is 5.87. The SMILES string of the molecule is N[C@@H]1C(=O)N2C(C(=O)O)=C(CCl)CS[C@H]12. The van der Waals surface area contributed by atoms with Crippen molar-refractivity contribution < 1.29 is 14.7 Å². The van der Waals surface area contributed by atoms with Crippen LogP contribution in [0.25, 0.3) is 0 Å². The maximum atomic E-state index is 11.4. The van der Waals surface area contributed by atoms with Crippen molar-refractivity contribution in [3.05, 3.63) is 11.3 Å². The molecule has 0 aromatic heterocycles. The minimum absolute atomic E-state index is 0.0143. The zero-order chi connectivity index (χ0) is 11.2. The number of halogens is 1. The normalized spacial score (nSPS) is 30.0. The summed E-state index contributed by atoms with van der Waals surface area (Å²) in [5.41, 5.74) is 6.15. The van der Waals surface area contributed by atoms with Crippen molar-refractivity contribution in [3.8, 4) is 0 Å². The number of aliphatic carboxylic acids is 1. The van der Waals surface area contributed by atoms with Crippen LogP contribution < -0.4 is 5.73 Å². The Morgan fingerprint density at radius 1 is 1.73 bits per heavy atom. The van der Waals surface area contributed by atoms with E-state index < -0.39 is 12.0 Å². The first-order valence-electron chi connectivity index (χ1n) is 4.29. The molecule has 2 heterocycles. The third-order valence-electron chi connectivity index (χ3n) is 2.45. The van der Waals surface area contributed by atoms with Crippen LogP contribution in [-0.4, -0.2) is 44.9 Å². The largest absolute Gasteiger partial charge is 0.477 e. The Kier molecular flexibility index (Phi) is 2.66. The van der Waals surface area contributed by atoms with Crippen molar-refractivity contribution in [2.24, 2.45) is 5.73 Å². The average molecular weight is 249 g/mol. The van der Waals surface area contributed by atoms with Gasteiger partial charge in [-0.1, -0.05) is 0 Å². The van der Waals surface area contributed by atoms with Crippen LogP contribution in [0.4, 0.5) is 0 Å². The first kappa shape index (κ1) is 10.8. The predicted molar refractivity (Wildman–Crippen MR) is 56.4 cm³/mol. The van der Waals surface area contributed by atoms with Crippen molar-refractivity contribution in [3.63, 3.8) is 0 Å². The van der Waals surface area contributed by atoms with Gasteiger partial charge in [0.05, 0.1) is 0 Å². The zero-order valence-electron chi connectivity index (χ0n) is 7.64. The smallest absolute Gasteiger partial charge is 0.352 e. The van der Waals surface area contributed by atoms with Gasteiger partial charge in [-0.15, -0.1) is 23.4 Å². The molecular weight excluding hydrogens is 240 g/mol. The Hall–Kier alpha value is -0.720. The van der Waals surface area contributed by atoms with Gasteiger partial charge in [0.25, 0.3) is 0 Å². The fourth-order valence-corrected chi connectivity index (χ4v) is 3.31. The van der Waals surface area contributed by atoms with Crippen LogP contribution in [-0.2, 0) is 9.59 Å². The van der Waals surface area contributed by atoms with Crippen molar-refractivity contribution in [1.82, 2.24) is 4.90 Å². The standard InChI is InChI=1S/C8H9ClN2O3S/c9-1-3-2-15-7-4(10)6(12)11(7)5(3)8(13)14/h4,7H,1-2,10H2,(H,13,14)/t4-,7-/m1/s1. The lowest BCUT2D eigenvalue weighted by molar-refractivity contribution is -0.147. The van der Waals surface area contributed by atoms with E-state index in [2.05, 4.69) is 0 Å². The molecule has 0 radical (unpaired) electrons. The first-order chi connectivity index (χ1) is 7.07. The van der Waals surface area contributed by atoms with E-state index in [0.29, 0.717) is 11.3 Å². The predicted octanol–water partition coefficient (Wildman–Crippen LogP) is -0.194. The van der Waals surface area contributed by atoms with Gasteiger partial charge < -0.3 is 10.8 Å². The molecule has 0 saturated carbocycles. The van der Waals surface area contributed by atoms with E-state index in [1.165, 1.54) is 16.7 Å². The van der Waals surface area contributed by atoms with E-state index >= 15 is 0 Å². The number of rotatable bonds is 2. The summed E-state index contributed by atoms with van der Waals surface area (Å²) in [6.45, 7) is 0. The molecule has 5 nitrogen and oxygen atoms in total. The highest BCUT2D eigenvalue weighted by atomic mass is 35.5. The van der Waals surface area contributed by atoms with Crippen molar-refractivity contribution in [2.75, 3.05) is 11.6 Å². The van der Waals surface area contributed by atoms with Crippen LogP contribution in [0.1, 0.15) is 0 Å². The third-order valence-corrected chi connectivity index (χ3v) is 4.14. The second-order valence-electron chi connectivity index (χ2n) is 3.33. The highest BCUT2D eigenvalue weighted by Crippen LogP contribution is 2.39. The van der Waals surface area contributed by atoms with E-state index in [-0.39, 0.29) is 22.9 Å². The number of carbonyl (C=O) groups is 2. The van der Waals surface area contributed by atoms with Crippen LogP contribution in [0.5, 0.6) is 0 Å². The van der Waals surface area contributed by atoms with Crippen LogP contribution >= 0.6 is 23.4 Å². The molecule has 2 atom stereocenters. The monoisotopic (exact) mass is 248 g/mol. The number of nitrogens with zero attached hydrogens (tertiary/aromatic N) is 1. The Morgan fingerprint density at radius 3 is 2.93 bits per heavy atom. The summed E-state index contributed by atoms with van der Waals surface area (Å²) in [5, 5.41) is 8.77. The Labute approximate surface area is 95.2 Å². The second-order valence-corrected chi connectivity index (χ2v) is 4.70. The number of hydrogen-bond acceptors (Lipinski definition) is 4. The number of carboxylic acids is 1. The molecule has 15 heavy (non-hydrogen) atoms. The molecule has 2 aliphatic heterocycles.